The lowest BCUT2D eigenvalue weighted by Gasteiger charge is -2.09. The Balaban J connectivity index is 2.32. The highest BCUT2D eigenvalue weighted by molar-refractivity contribution is 6.99. The number of hydrogen-bond acceptors (Lipinski definition) is 6. The van der Waals surface area contributed by atoms with Crippen LogP contribution in [0.5, 0.6) is 5.88 Å². The van der Waals surface area contributed by atoms with Crippen LogP contribution in [0.1, 0.15) is 30.1 Å². The van der Waals surface area contributed by atoms with Gasteiger partial charge in [0.05, 0.1) is 27.3 Å². The van der Waals surface area contributed by atoms with E-state index in [0.717, 1.165) is 24.6 Å². The maximum absolute atomic E-state index is 11.8. The molecule has 2 N–H and O–H groups in total. The van der Waals surface area contributed by atoms with Gasteiger partial charge in [-0.05, 0) is 18.6 Å². The van der Waals surface area contributed by atoms with Crippen LogP contribution in [-0.4, -0.2) is 32.5 Å². The highest BCUT2D eigenvalue weighted by atomic mass is 35.5. The van der Waals surface area contributed by atoms with Crippen molar-refractivity contribution in [3.63, 3.8) is 0 Å². The van der Waals surface area contributed by atoms with Crippen LogP contribution in [0.15, 0.2) is 12.1 Å². The third-order valence-electron chi connectivity index (χ3n) is 3.01. The third-order valence-corrected chi connectivity index (χ3v) is 4.23. The van der Waals surface area contributed by atoms with Crippen molar-refractivity contribution in [2.45, 2.75) is 19.8 Å². The van der Waals surface area contributed by atoms with Crippen LogP contribution >= 0.6 is 34.9 Å². The monoisotopic (exact) mass is 389 g/mol. The molecule has 2 rings (SSSR count). The van der Waals surface area contributed by atoms with Gasteiger partial charge in [-0.15, -0.1) is 4.37 Å². The van der Waals surface area contributed by atoms with E-state index in [2.05, 4.69) is 14.1 Å². The number of unbranched alkanes of at least 4 members (excludes halogenated alkanes) is 1. The minimum Gasteiger partial charge on any atom is -0.478 e. The van der Waals surface area contributed by atoms with Crippen LogP contribution in [0.2, 0.25) is 10.0 Å². The molecular weight excluding hydrogens is 377 g/mol. The van der Waals surface area contributed by atoms with Gasteiger partial charge in [0.15, 0.2) is 5.69 Å². The Bertz CT molecular complexity index is 766. The fourth-order valence-corrected chi connectivity index (χ4v) is 2.95. The summed E-state index contributed by atoms with van der Waals surface area (Å²) in [5.41, 5.74) is 0.134. The number of carbonyl (C=O) groups is 2. The molecule has 1 aromatic heterocycles. The highest BCUT2D eigenvalue weighted by Crippen LogP contribution is 2.40. The second-order valence-electron chi connectivity index (χ2n) is 4.68. The first-order chi connectivity index (χ1) is 11.5. The van der Waals surface area contributed by atoms with Gasteiger partial charge in [0.2, 0.25) is 0 Å². The molecule has 24 heavy (non-hydrogen) atoms. The maximum atomic E-state index is 11.8. The van der Waals surface area contributed by atoms with E-state index in [4.69, 9.17) is 33.0 Å². The first kappa shape index (κ1) is 18.4. The first-order valence-corrected chi connectivity index (χ1v) is 8.44. The number of aromatic nitrogens is 2. The van der Waals surface area contributed by atoms with Crippen LogP contribution in [-0.2, 0) is 0 Å². The van der Waals surface area contributed by atoms with Crippen molar-refractivity contribution >= 4 is 47.0 Å². The largest absolute Gasteiger partial charge is 0.478 e. The van der Waals surface area contributed by atoms with E-state index < -0.39 is 12.1 Å². The van der Waals surface area contributed by atoms with Crippen LogP contribution in [0.25, 0.3) is 11.3 Å². The smallest absolute Gasteiger partial charge is 0.414 e. The Labute approximate surface area is 151 Å². The van der Waals surface area contributed by atoms with E-state index in [1.54, 1.807) is 0 Å². The Hall–Kier alpha value is -1.90. The number of amides is 1. The Morgan fingerprint density at radius 1 is 1.33 bits per heavy atom. The normalized spacial score (nSPS) is 10.5. The quantitative estimate of drug-likeness (QED) is 0.721. The zero-order valence-corrected chi connectivity index (χ0v) is 14.8. The molecule has 2 aromatic rings. The molecule has 0 bridgehead atoms. The van der Waals surface area contributed by atoms with Gasteiger partial charge in [-0.25, -0.2) is 9.59 Å². The van der Waals surface area contributed by atoms with Gasteiger partial charge in [-0.3, -0.25) is 0 Å². The molecule has 128 valence electrons. The van der Waals surface area contributed by atoms with Gasteiger partial charge in [0.25, 0.3) is 5.88 Å². The van der Waals surface area contributed by atoms with E-state index in [0.29, 0.717) is 6.54 Å². The molecule has 0 aliphatic carbocycles. The summed E-state index contributed by atoms with van der Waals surface area (Å²) in [6.07, 6.45) is 1.06. The van der Waals surface area contributed by atoms with E-state index >= 15 is 0 Å². The molecule has 0 fully saturated rings. The predicted molar refractivity (Wildman–Crippen MR) is 91.3 cm³/mol. The van der Waals surface area contributed by atoms with E-state index in [1.165, 1.54) is 12.1 Å². The SMILES string of the molecule is CCCCNC(=O)Oc1nsnc1-c1c(Cl)ccc(C(=O)O)c1Cl. The number of hydrogen-bond donors (Lipinski definition) is 2. The summed E-state index contributed by atoms with van der Waals surface area (Å²) in [7, 11) is 0. The number of carboxylic acid groups (broad SMARTS) is 1. The molecule has 0 atom stereocenters. The summed E-state index contributed by atoms with van der Waals surface area (Å²) in [6, 6.07) is 2.67. The van der Waals surface area contributed by atoms with Crippen LogP contribution < -0.4 is 10.1 Å². The van der Waals surface area contributed by atoms with Crippen LogP contribution in [0, 0.1) is 0 Å². The Morgan fingerprint density at radius 2 is 2.08 bits per heavy atom. The maximum Gasteiger partial charge on any atom is 0.414 e. The number of halogens is 2. The average molecular weight is 390 g/mol. The van der Waals surface area contributed by atoms with E-state index in [9.17, 15) is 9.59 Å². The summed E-state index contributed by atoms with van der Waals surface area (Å²) >= 11 is 13.0. The molecule has 10 heteroatoms. The third kappa shape index (κ3) is 4.14. The molecule has 0 unspecified atom stereocenters. The molecule has 0 spiro atoms. The van der Waals surface area contributed by atoms with Gasteiger partial charge in [0.1, 0.15) is 0 Å². The number of carbonyl (C=O) groups excluding carboxylic acids is 1. The van der Waals surface area contributed by atoms with Gasteiger partial charge >= 0.3 is 12.1 Å². The molecule has 0 radical (unpaired) electrons. The van der Waals surface area contributed by atoms with E-state index in [1.807, 2.05) is 6.92 Å². The molecule has 0 aliphatic heterocycles. The topological polar surface area (TPSA) is 101 Å². The Morgan fingerprint density at radius 3 is 2.75 bits per heavy atom. The zero-order chi connectivity index (χ0) is 17.7. The lowest BCUT2D eigenvalue weighted by Crippen LogP contribution is -2.27. The van der Waals surface area contributed by atoms with Crippen molar-refractivity contribution < 1.29 is 19.4 Å². The molecular formula is C14H13Cl2N3O4S. The Kier molecular flexibility index (Phi) is 6.36. The fourth-order valence-electron chi connectivity index (χ4n) is 1.83. The lowest BCUT2D eigenvalue weighted by molar-refractivity contribution is 0.0697. The van der Waals surface area contributed by atoms with Crippen LogP contribution in [0.3, 0.4) is 0 Å². The highest BCUT2D eigenvalue weighted by Gasteiger charge is 2.23. The number of carboxylic acids is 1. The number of nitrogens with one attached hydrogen (secondary N) is 1. The van der Waals surface area contributed by atoms with Crippen molar-refractivity contribution in [2.75, 3.05) is 6.54 Å². The van der Waals surface area contributed by atoms with Crippen molar-refractivity contribution in [1.29, 1.82) is 0 Å². The number of nitrogens with zero attached hydrogens (tertiary/aromatic N) is 2. The summed E-state index contributed by atoms with van der Waals surface area (Å²) < 4.78 is 13.0. The lowest BCUT2D eigenvalue weighted by atomic mass is 10.1. The number of ether oxygens (including phenoxy) is 1. The first-order valence-electron chi connectivity index (χ1n) is 6.95. The number of benzene rings is 1. The summed E-state index contributed by atoms with van der Waals surface area (Å²) in [5.74, 6) is -1.29. The minimum atomic E-state index is -1.21. The van der Waals surface area contributed by atoms with Crippen molar-refractivity contribution in [1.82, 2.24) is 14.1 Å². The fraction of sp³-hybridized carbons (Fsp3) is 0.286. The van der Waals surface area contributed by atoms with Gasteiger partial charge < -0.3 is 15.2 Å². The minimum absolute atomic E-state index is 0.0830. The van der Waals surface area contributed by atoms with Crippen LogP contribution in [0.4, 0.5) is 4.79 Å². The molecule has 1 heterocycles. The van der Waals surface area contributed by atoms with Crippen molar-refractivity contribution in [2.24, 2.45) is 0 Å². The number of rotatable bonds is 6. The second kappa shape index (κ2) is 8.27. The van der Waals surface area contributed by atoms with Crippen molar-refractivity contribution in [3.05, 3.63) is 27.7 Å². The van der Waals surface area contributed by atoms with Gasteiger partial charge in [-0.2, -0.15) is 4.37 Å². The van der Waals surface area contributed by atoms with E-state index in [-0.39, 0.29) is 32.7 Å². The molecule has 0 aliphatic rings. The molecule has 7 nitrogen and oxygen atoms in total. The molecule has 0 saturated heterocycles. The summed E-state index contributed by atoms with van der Waals surface area (Å²) in [5, 5.41) is 11.8. The predicted octanol–water partition coefficient (Wildman–Crippen LogP) is 4.10. The second-order valence-corrected chi connectivity index (χ2v) is 5.99. The van der Waals surface area contributed by atoms with Crippen molar-refractivity contribution in [3.8, 4) is 17.1 Å². The molecule has 1 amide bonds. The summed E-state index contributed by atoms with van der Waals surface area (Å²) in [6.45, 7) is 2.47. The number of aromatic carboxylic acids is 1. The summed E-state index contributed by atoms with van der Waals surface area (Å²) in [4.78, 5) is 23.0. The standard InChI is InChI=1S/C14H13Cl2N3O4S/c1-2-3-6-17-14(22)23-12-11(18-24-19-12)9-8(15)5-4-7(10(9)16)13(20)21/h4-5H,2-3,6H2,1H3,(H,17,22)(H,20,21). The van der Waals surface area contributed by atoms with Gasteiger partial charge in [0, 0.05) is 12.1 Å². The molecule has 0 saturated carbocycles. The zero-order valence-electron chi connectivity index (χ0n) is 12.5. The average Bonchev–Trinajstić information content (AvgIpc) is 2.95. The molecule has 1 aromatic carbocycles. The van der Waals surface area contributed by atoms with Gasteiger partial charge in [-0.1, -0.05) is 36.5 Å².